The second-order valence-electron chi connectivity index (χ2n) is 4.55. The van der Waals surface area contributed by atoms with Crippen molar-refractivity contribution in [3.63, 3.8) is 0 Å². The molecule has 3 nitrogen and oxygen atoms in total. The largest absolute Gasteiger partial charge is 0.433 e. The Hall–Kier alpha value is -2.63. The number of alkyl halides is 3. The monoisotopic (exact) mass is 290 g/mol. The molecule has 0 amide bonds. The van der Waals surface area contributed by atoms with Crippen LogP contribution >= 0.6 is 0 Å². The first-order valence-electron chi connectivity index (χ1n) is 6.10. The van der Waals surface area contributed by atoms with E-state index in [1.807, 2.05) is 0 Å². The number of carbonyl (C=O) groups is 1. The number of pyridine rings is 1. The van der Waals surface area contributed by atoms with Gasteiger partial charge in [-0.2, -0.15) is 13.2 Å². The molecule has 3 rings (SSSR count). The van der Waals surface area contributed by atoms with Crippen LogP contribution in [0.5, 0.6) is 0 Å². The van der Waals surface area contributed by atoms with Gasteiger partial charge in [0.15, 0.2) is 6.29 Å². The summed E-state index contributed by atoms with van der Waals surface area (Å²) in [6.45, 7) is 0. The number of nitrogens with zero attached hydrogens (tertiary/aromatic N) is 1. The molecule has 21 heavy (non-hydrogen) atoms. The van der Waals surface area contributed by atoms with E-state index >= 15 is 0 Å². The Labute approximate surface area is 117 Å². The molecular weight excluding hydrogens is 281 g/mol. The number of hydrogen-bond acceptors (Lipinski definition) is 2. The van der Waals surface area contributed by atoms with E-state index in [2.05, 4.69) is 9.97 Å². The Kier molecular flexibility index (Phi) is 3.01. The van der Waals surface area contributed by atoms with Crippen LogP contribution in [0.3, 0.4) is 0 Å². The Morgan fingerprint density at radius 1 is 1.10 bits per heavy atom. The van der Waals surface area contributed by atoms with Crippen molar-refractivity contribution in [1.29, 1.82) is 0 Å². The molecule has 1 aromatic carbocycles. The fourth-order valence-electron chi connectivity index (χ4n) is 2.13. The van der Waals surface area contributed by atoms with E-state index < -0.39 is 11.9 Å². The molecule has 106 valence electrons. The van der Waals surface area contributed by atoms with Crippen molar-refractivity contribution in [3.05, 3.63) is 53.9 Å². The van der Waals surface area contributed by atoms with E-state index in [4.69, 9.17) is 0 Å². The molecule has 3 aromatic rings. The van der Waals surface area contributed by atoms with E-state index in [0.717, 1.165) is 11.5 Å². The van der Waals surface area contributed by atoms with Gasteiger partial charge in [0.2, 0.25) is 0 Å². The second-order valence-corrected chi connectivity index (χ2v) is 4.55. The first-order chi connectivity index (χ1) is 9.97. The number of rotatable bonds is 2. The highest BCUT2D eigenvalue weighted by Gasteiger charge is 2.32. The molecule has 0 unspecified atom stereocenters. The third-order valence-electron chi connectivity index (χ3n) is 3.11. The van der Waals surface area contributed by atoms with Gasteiger partial charge in [0, 0.05) is 16.5 Å². The fraction of sp³-hybridized carbons (Fsp3) is 0.0667. The topological polar surface area (TPSA) is 45.8 Å². The SMILES string of the molecule is O=Cc1cc2ccc(-c3cccc(C(F)(F)F)n3)cc2[nH]1. The molecule has 6 heteroatoms. The standard InChI is InChI=1S/C15H9F3N2O/c16-15(17,18)14-3-1-2-12(20-14)10-5-4-9-6-11(8-21)19-13(9)7-10/h1-8,19H. The molecule has 0 bridgehead atoms. The smallest absolute Gasteiger partial charge is 0.352 e. The van der Waals surface area contributed by atoms with E-state index in [-0.39, 0.29) is 5.69 Å². The van der Waals surface area contributed by atoms with Gasteiger partial charge in [-0.15, -0.1) is 0 Å². The van der Waals surface area contributed by atoms with Crippen molar-refractivity contribution in [1.82, 2.24) is 9.97 Å². The van der Waals surface area contributed by atoms with Crippen molar-refractivity contribution in [2.24, 2.45) is 0 Å². The van der Waals surface area contributed by atoms with Gasteiger partial charge in [0.05, 0.1) is 11.4 Å². The number of benzene rings is 1. The van der Waals surface area contributed by atoms with Crippen LogP contribution in [0.1, 0.15) is 16.2 Å². The molecule has 0 saturated carbocycles. The molecule has 0 aliphatic heterocycles. The van der Waals surface area contributed by atoms with Gasteiger partial charge in [-0.3, -0.25) is 4.79 Å². The lowest BCUT2D eigenvalue weighted by atomic mass is 10.1. The molecule has 1 N–H and O–H groups in total. The van der Waals surface area contributed by atoms with Crippen LogP contribution in [-0.2, 0) is 6.18 Å². The lowest BCUT2D eigenvalue weighted by molar-refractivity contribution is -0.141. The highest BCUT2D eigenvalue weighted by atomic mass is 19.4. The van der Waals surface area contributed by atoms with Gasteiger partial charge < -0.3 is 4.98 Å². The maximum atomic E-state index is 12.7. The van der Waals surface area contributed by atoms with Crippen molar-refractivity contribution in [3.8, 4) is 11.3 Å². The van der Waals surface area contributed by atoms with E-state index in [1.165, 1.54) is 12.1 Å². The number of carbonyl (C=O) groups excluding carboxylic acids is 1. The highest BCUT2D eigenvalue weighted by Crippen LogP contribution is 2.30. The summed E-state index contributed by atoms with van der Waals surface area (Å²) in [5.74, 6) is 0. The molecule has 2 heterocycles. The maximum absolute atomic E-state index is 12.7. The summed E-state index contributed by atoms with van der Waals surface area (Å²) in [5.41, 5.74) is 0.940. The Bertz CT molecular complexity index is 821. The third kappa shape index (κ3) is 2.52. The van der Waals surface area contributed by atoms with Gasteiger partial charge in [-0.05, 0) is 24.3 Å². The van der Waals surface area contributed by atoms with Crippen LogP contribution in [0, 0.1) is 0 Å². The Balaban J connectivity index is 2.09. The number of fused-ring (bicyclic) bond motifs is 1. The summed E-state index contributed by atoms with van der Waals surface area (Å²) in [6, 6.07) is 10.5. The van der Waals surface area contributed by atoms with Gasteiger partial charge in [0.25, 0.3) is 0 Å². The number of nitrogens with one attached hydrogen (secondary N) is 1. The summed E-state index contributed by atoms with van der Waals surface area (Å²) >= 11 is 0. The lowest BCUT2D eigenvalue weighted by Crippen LogP contribution is -2.07. The summed E-state index contributed by atoms with van der Waals surface area (Å²) in [7, 11) is 0. The van der Waals surface area contributed by atoms with Crippen LogP contribution in [0.15, 0.2) is 42.5 Å². The third-order valence-corrected chi connectivity index (χ3v) is 3.11. The highest BCUT2D eigenvalue weighted by molar-refractivity contribution is 5.90. The Morgan fingerprint density at radius 2 is 1.90 bits per heavy atom. The predicted molar refractivity (Wildman–Crippen MR) is 71.9 cm³/mol. The summed E-state index contributed by atoms with van der Waals surface area (Å²) in [4.78, 5) is 17.2. The van der Waals surface area contributed by atoms with Crippen LogP contribution in [0.2, 0.25) is 0 Å². The van der Waals surface area contributed by atoms with Crippen molar-refractivity contribution in [2.45, 2.75) is 6.18 Å². The zero-order valence-corrected chi connectivity index (χ0v) is 10.6. The minimum Gasteiger partial charge on any atom is -0.352 e. The summed E-state index contributed by atoms with van der Waals surface area (Å²) < 4.78 is 38.0. The number of hydrogen-bond donors (Lipinski definition) is 1. The Morgan fingerprint density at radius 3 is 2.62 bits per heavy atom. The summed E-state index contributed by atoms with van der Waals surface area (Å²) in [5, 5.41) is 0.813. The number of aromatic amines is 1. The van der Waals surface area contributed by atoms with Gasteiger partial charge in [-0.25, -0.2) is 4.98 Å². The minimum atomic E-state index is -4.47. The zero-order chi connectivity index (χ0) is 15.0. The quantitative estimate of drug-likeness (QED) is 0.723. The van der Waals surface area contributed by atoms with E-state index in [0.29, 0.717) is 23.1 Å². The van der Waals surface area contributed by atoms with E-state index in [9.17, 15) is 18.0 Å². The predicted octanol–water partition coefficient (Wildman–Crippen LogP) is 4.06. The molecule has 0 fully saturated rings. The number of H-pyrrole nitrogens is 1. The minimum absolute atomic E-state index is 0.231. The molecule has 2 aromatic heterocycles. The first-order valence-corrected chi connectivity index (χ1v) is 6.10. The number of halogens is 3. The molecule has 0 radical (unpaired) electrons. The van der Waals surface area contributed by atoms with E-state index in [1.54, 1.807) is 24.3 Å². The van der Waals surface area contributed by atoms with Gasteiger partial charge >= 0.3 is 6.18 Å². The first kappa shape index (κ1) is 13.4. The average molecular weight is 290 g/mol. The fourth-order valence-corrected chi connectivity index (χ4v) is 2.13. The molecule has 0 atom stereocenters. The number of aldehydes is 1. The van der Waals surface area contributed by atoms with Crippen molar-refractivity contribution < 1.29 is 18.0 Å². The molecule has 0 aliphatic carbocycles. The van der Waals surface area contributed by atoms with Crippen LogP contribution in [0.4, 0.5) is 13.2 Å². The van der Waals surface area contributed by atoms with Gasteiger partial charge in [0.1, 0.15) is 5.69 Å². The van der Waals surface area contributed by atoms with Crippen molar-refractivity contribution >= 4 is 17.2 Å². The number of aromatic nitrogens is 2. The molecular formula is C15H9F3N2O. The molecule has 0 spiro atoms. The van der Waals surface area contributed by atoms with Gasteiger partial charge in [-0.1, -0.05) is 18.2 Å². The maximum Gasteiger partial charge on any atom is 0.433 e. The zero-order valence-electron chi connectivity index (χ0n) is 10.6. The molecule has 0 aliphatic rings. The van der Waals surface area contributed by atoms with Crippen LogP contribution in [-0.4, -0.2) is 16.3 Å². The average Bonchev–Trinajstić information content (AvgIpc) is 2.88. The van der Waals surface area contributed by atoms with Crippen LogP contribution < -0.4 is 0 Å². The normalized spacial score (nSPS) is 11.8. The summed E-state index contributed by atoms with van der Waals surface area (Å²) in [6.07, 6.45) is -3.79. The second kappa shape index (κ2) is 4.73. The lowest BCUT2D eigenvalue weighted by Gasteiger charge is -2.07. The van der Waals surface area contributed by atoms with Crippen molar-refractivity contribution in [2.75, 3.05) is 0 Å². The van der Waals surface area contributed by atoms with Crippen LogP contribution in [0.25, 0.3) is 22.2 Å². The molecule has 0 saturated heterocycles.